The van der Waals surface area contributed by atoms with Gasteiger partial charge in [-0.25, -0.2) is 8.78 Å². The summed E-state index contributed by atoms with van der Waals surface area (Å²) in [6.07, 6.45) is 2.88. The molecule has 0 fully saturated rings. The van der Waals surface area contributed by atoms with Crippen LogP contribution in [0.1, 0.15) is 11.1 Å². The molecule has 0 heterocycles. The Morgan fingerprint density at radius 3 is 2.50 bits per heavy atom. The van der Waals surface area contributed by atoms with Gasteiger partial charge < -0.3 is 5.32 Å². The zero-order chi connectivity index (χ0) is 14.5. The van der Waals surface area contributed by atoms with Crippen LogP contribution in [0.4, 0.5) is 14.5 Å². The van der Waals surface area contributed by atoms with Gasteiger partial charge in [0.2, 0.25) is 5.91 Å². The van der Waals surface area contributed by atoms with E-state index in [0.717, 1.165) is 29.3 Å². The van der Waals surface area contributed by atoms with E-state index >= 15 is 0 Å². The van der Waals surface area contributed by atoms with Crippen LogP contribution >= 0.6 is 0 Å². The molecular weight excluding hydrogens is 260 g/mol. The lowest BCUT2D eigenvalue weighted by Gasteiger charge is -2.03. The molecule has 1 amide bonds. The first-order valence-corrected chi connectivity index (χ1v) is 6.05. The number of anilines is 1. The van der Waals surface area contributed by atoms with E-state index in [0.29, 0.717) is 0 Å². The highest BCUT2D eigenvalue weighted by Gasteiger charge is 2.05. The lowest BCUT2D eigenvalue weighted by molar-refractivity contribution is -0.111. The molecule has 0 bridgehead atoms. The quantitative estimate of drug-likeness (QED) is 0.844. The number of hydrogen-bond donors (Lipinski definition) is 1. The predicted molar refractivity (Wildman–Crippen MR) is 75.2 cm³/mol. The number of carbonyl (C=O) groups excluding carboxylic acids is 1. The minimum Gasteiger partial charge on any atom is -0.320 e. The molecule has 2 nitrogen and oxygen atoms in total. The van der Waals surface area contributed by atoms with E-state index in [1.807, 2.05) is 31.2 Å². The molecular formula is C16H13F2NO. The van der Waals surface area contributed by atoms with Gasteiger partial charge in [0.05, 0.1) is 5.69 Å². The van der Waals surface area contributed by atoms with Crippen LogP contribution < -0.4 is 5.32 Å². The summed E-state index contributed by atoms with van der Waals surface area (Å²) in [7, 11) is 0. The smallest absolute Gasteiger partial charge is 0.248 e. The van der Waals surface area contributed by atoms with Crippen LogP contribution in [0.15, 0.2) is 48.5 Å². The van der Waals surface area contributed by atoms with Crippen molar-refractivity contribution in [1.82, 2.24) is 0 Å². The first-order valence-electron chi connectivity index (χ1n) is 6.05. The van der Waals surface area contributed by atoms with E-state index < -0.39 is 17.5 Å². The lowest BCUT2D eigenvalue weighted by Crippen LogP contribution is -2.09. The molecule has 4 heteroatoms. The first-order chi connectivity index (χ1) is 9.54. The van der Waals surface area contributed by atoms with Gasteiger partial charge in [-0.05, 0) is 30.7 Å². The van der Waals surface area contributed by atoms with E-state index in [-0.39, 0.29) is 5.69 Å². The standard InChI is InChI=1S/C16H13F2NO/c1-11-2-4-12(5-3-11)6-9-16(20)19-15-10-13(17)7-8-14(15)18/h2-10H,1H3,(H,19,20)/b9-6+. The second-order valence-corrected chi connectivity index (χ2v) is 4.36. The van der Waals surface area contributed by atoms with E-state index in [9.17, 15) is 13.6 Å². The van der Waals surface area contributed by atoms with Gasteiger partial charge in [-0.3, -0.25) is 4.79 Å². The molecule has 102 valence electrons. The second kappa shape index (κ2) is 6.10. The summed E-state index contributed by atoms with van der Waals surface area (Å²) in [6, 6.07) is 10.5. The number of rotatable bonds is 3. The van der Waals surface area contributed by atoms with Gasteiger partial charge in [0, 0.05) is 12.1 Å². The number of nitrogens with one attached hydrogen (secondary N) is 1. The van der Waals surface area contributed by atoms with Crippen molar-refractivity contribution in [2.75, 3.05) is 5.32 Å². The summed E-state index contributed by atoms with van der Waals surface area (Å²) in [5.41, 5.74) is 1.79. The van der Waals surface area contributed by atoms with Crippen molar-refractivity contribution in [1.29, 1.82) is 0 Å². The number of benzene rings is 2. The molecule has 0 saturated carbocycles. The van der Waals surface area contributed by atoms with Gasteiger partial charge in [-0.2, -0.15) is 0 Å². The largest absolute Gasteiger partial charge is 0.320 e. The van der Waals surface area contributed by atoms with Crippen LogP contribution in [0.3, 0.4) is 0 Å². The Morgan fingerprint density at radius 2 is 1.80 bits per heavy atom. The number of amides is 1. The number of hydrogen-bond acceptors (Lipinski definition) is 1. The highest BCUT2D eigenvalue weighted by molar-refractivity contribution is 6.01. The van der Waals surface area contributed by atoms with Crippen LogP contribution in [0.2, 0.25) is 0 Å². The van der Waals surface area contributed by atoms with Crippen molar-refractivity contribution >= 4 is 17.7 Å². The topological polar surface area (TPSA) is 29.1 Å². The van der Waals surface area contributed by atoms with E-state index in [2.05, 4.69) is 5.32 Å². The molecule has 2 aromatic rings. The van der Waals surface area contributed by atoms with Gasteiger partial charge in [0.1, 0.15) is 11.6 Å². The van der Waals surface area contributed by atoms with Gasteiger partial charge in [0.25, 0.3) is 0 Å². The highest BCUT2D eigenvalue weighted by atomic mass is 19.1. The van der Waals surface area contributed by atoms with Crippen LogP contribution in [-0.4, -0.2) is 5.91 Å². The van der Waals surface area contributed by atoms with E-state index in [1.54, 1.807) is 6.08 Å². The Hall–Kier alpha value is -2.49. The van der Waals surface area contributed by atoms with Crippen LogP contribution in [0, 0.1) is 18.6 Å². The molecule has 0 aromatic heterocycles. The summed E-state index contributed by atoms with van der Waals surface area (Å²) in [4.78, 5) is 11.6. The Balaban J connectivity index is 2.05. The summed E-state index contributed by atoms with van der Waals surface area (Å²) in [5, 5.41) is 2.29. The third kappa shape index (κ3) is 3.75. The summed E-state index contributed by atoms with van der Waals surface area (Å²) >= 11 is 0. The summed E-state index contributed by atoms with van der Waals surface area (Å²) < 4.78 is 26.3. The fourth-order valence-corrected chi connectivity index (χ4v) is 1.62. The molecule has 0 aliphatic rings. The summed E-state index contributed by atoms with van der Waals surface area (Å²) in [5.74, 6) is -1.80. The van der Waals surface area contributed by atoms with Crippen molar-refractivity contribution in [2.24, 2.45) is 0 Å². The fourth-order valence-electron chi connectivity index (χ4n) is 1.62. The average Bonchev–Trinajstić information content (AvgIpc) is 2.42. The van der Waals surface area contributed by atoms with Crippen molar-refractivity contribution in [3.63, 3.8) is 0 Å². The van der Waals surface area contributed by atoms with Gasteiger partial charge in [-0.1, -0.05) is 29.8 Å². The molecule has 0 aliphatic heterocycles. The van der Waals surface area contributed by atoms with Crippen LogP contribution in [-0.2, 0) is 4.79 Å². The Morgan fingerprint density at radius 1 is 1.10 bits per heavy atom. The minimum atomic E-state index is -0.677. The summed E-state index contributed by atoms with van der Waals surface area (Å²) in [6.45, 7) is 1.97. The van der Waals surface area contributed by atoms with Crippen molar-refractivity contribution in [2.45, 2.75) is 6.92 Å². The molecule has 0 saturated heterocycles. The van der Waals surface area contributed by atoms with Crippen molar-refractivity contribution in [3.8, 4) is 0 Å². The Kier molecular flexibility index (Phi) is 4.25. The normalized spacial score (nSPS) is 10.8. The SMILES string of the molecule is Cc1ccc(/C=C/C(=O)Nc2cc(F)ccc2F)cc1. The molecule has 0 aliphatic carbocycles. The molecule has 0 atom stereocenters. The zero-order valence-electron chi connectivity index (χ0n) is 10.9. The van der Waals surface area contributed by atoms with Crippen LogP contribution in [0.25, 0.3) is 6.08 Å². The monoisotopic (exact) mass is 273 g/mol. The van der Waals surface area contributed by atoms with Crippen molar-refractivity contribution < 1.29 is 13.6 Å². The predicted octanol–water partition coefficient (Wildman–Crippen LogP) is 3.93. The molecule has 2 aromatic carbocycles. The maximum atomic E-state index is 13.3. The van der Waals surface area contributed by atoms with Crippen LogP contribution in [0.5, 0.6) is 0 Å². The molecule has 0 unspecified atom stereocenters. The maximum absolute atomic E-state index is 13.3. The van der Waals surface area contributed by atoms with Gasteiger partial charge in [-0.15, -0.1) is 0 Å². The van der Waals surface area contributed by atoms with Crippen molar-refractivity contribution in [3.05, 3.63) is 71.3 Å². The first kappa shape index (κ1) is 13.9. The third-order valence-corrected chi connectivity index (χ3v) is 2.69. The Bertz CT molecular complexity index is 648. The average molecular weight is 273 g/mol. The highest BCUT2D eigenvalue weighted by Crippen LogP contribution is 2.15. The van der Waals surface area contributed by atoms with E-state index in [4.69, 9.17) is 0 Å². The molecule has 2 rings (SSSR count). The maximum Gasteiger partial charge on any atom is 0.248 e. The molecule has 20 heavy (non-hydrogen) atoms. The zero-order valence-corrected chi connectivity index (χ0v) is 10.9. The number of carbonyl (C=O) groups is 1. The minimum absolute atomic E-state index is 0.177. The number of aryl methyl sites for hydroxylation is 1. The third-order valence-electron chi connectivity index (χ3n) is 2.69. The number of halogens is 2. The molecule has 0 spiro atoms. The van der Waals surface area contributed by atoms with Gasteiger partial charge >= 0.3 is 0 Å². The Labute approximate surface area is 115 Å². The second-order valence-electron chi connectivity index (χ2n) is 4.36. The molecule has 1 N–H and O–H groups in total. The van der Waals surface area contributed by atoms with E-state index in [1.165, 1.54) is 6.08 Å². The molecule has 0 radical (unpaired) electrons. The lowest BCUT2D eigenvalue weighted by atomic mass is 10.1. The fraction of sp³-hybridized carbons (Fsp3) is 0.0625. The van der Waals surface area contributed by atoms with Gasteiger partial charge in [0.15, 0.2) is 0 Å².